The minimum Gasteiger partial charge on any atom is -0.299 e. The first kappa shape index (κ1) is 20.9. The quantitative estimate of drug-likeness (QED) is 0.669. The summed E-state index contributed by atoms with van der Waals surface area (Å²) in [7, 11) is 0. The van der Waals surface area contributed by atoms with Gasteiger partial charge in [0.05, 0.1) is 6.04 Å². The maximum absolute atomic E-state index is 13.4. The van der Waals surface area contributed by atoms with E-state index >= 15 is 0 Å². The number of urea groups is 1. The highest BCUT2D eigenvalue weighted by Crippen LogP contribution is 2.39. The van der Waals surface area contributed by atoms with Crippen LogP contribution < -0.4 is 10.2 Å². The maximum atomic E-state index is 13.4. The van der Waals surface area contributed by atoms with Gasteiger partial charge < -0.3 is 0 Å². The lowest BCUT2D eigenvalue weighted by molar-refractivity contribution is 0.184. The van der Waals surface area contributed by atoms with Crippen LogP contribution in [0.25, 0.3) is 0 Å². The van der Waals surface area contributed by atoms with Gasteiger partial charge in [0.2, 0.25) is 0 Å². The molecule has 2 aromatic rings. The number of hydrogen-bond donors (Lipinski definition) is 1. The molecule has 1 aliphatic carbocycles. The molecule has 2 amide bonds. The summed E-state index contributed by atoms with van der Waals surface area (Å²) < 4.78 is 0. The molecule has 172 valence electrons. The van der Waals surface area contributed by atoms with Crippen LogP contribution in [-0.4, -0.2) is 41.4 Å². The molecule has 8 aliphatic rings. The highest BCUT2D eigenvalue weighted by Gasteiger charge is 2.53. The fourth-order valence-corrected chi connectivity index (χ4v) is 6.19. The Kier molecular flexibility index (Phi) is 5.45. The molecule has 7 heterocycles. The first-order valence-electron chi connectivity index (χ1n) is 12.8. The highest BCUT2D eigenvalue weighted by atomic mass is 16.2. The third-order valence-corrected chi connectivity index (χ3v) is 8.19. The average Bonchev–Trinajstić information content (AvgIpc) is 3.10. The second kappa shape index (κ2) is 8.60. The molecule has 7 aliphatic heterocycles. The first-order chi connectivity index (χ1) is 16.2. The van der Waals surface area contributed by atoms with Gasteiger partial charge in [-0.3, -0.25) is 20.1 Å². The van der Waals surface area contributed by atoms with Gasteiger partial charge in [0.15, 0.2) is 0 Å². The Balaban J connectivity index is 1.39. The molecule has 10 rings (SSSR count). The van der Waals surface area contributed by atoms with Crippen molar-refractivity contribution >= 4 is 17.6 Å². The van der Waals surface area contributed by atoms with E-state index < -0.39 is 0 Å². The number of nitrogens with one attached hydrogen (secondary N) is 1. The van der Waals surface area contributed by atoms with Crippen molar-refractivity contribution in [1.29, 1.82) is 0 Å². The number of amidine groups is 1. The largest absolute Gasteiger partial charge is 0.328 e. The van der Waals surface area contributed by atoms with Gasteiger partial charge in [-0.1, -0.05) is 55.7 Å². The van der Waals surface area contributed by atoms with Gasteiger partial charge in [-0.05, 0) is 67.3 Å². The topological polar surface area (TPSA) is 47.9 Å². The van der Waals surface area contributed by atoms with Gasteiger partial charge in [-0.15, -0.1) is 0 Å². The lowest BCUT2D eigenvalue weighted by atomic mass is 9.84. The van der Waals surface area contributed by atoms with E-state index in [1.165, 1.54) is 36.0 Å². The van der Waals surface area contributed by atoms with Crippen LogP contribution in [0.2, 0.25) is 0 Å². The number of rotatable bonds is 1. The van der Waals surface area contributed by atoms with Crippen LogP contribution >= 0.6 is 0 Å². The summed E-state index contributed by atoms with van der Waals surface area (Å²) >= 11 is 0. The van der Waals surface area contributed by atoms with E-state index in [1.807, 2.05) is 4.90 Å². The molecule has 2 aromatic carbocycles. The number of aryl methyl sites for hydroxylation is 2. The Bertz CT molecular complexity index is 1030. The van der Waals surface area contributed by atoms with Crippen LogP contribution in [0.3, 0.4) is 0 Å². The molecule has 3 fully saturated rings. The van der Waals surface area contributed by atoms with Gasteiger partial charge in [-0.2, -0.15) is 0 Å². The van der Waals surface area contributed by atoms with Crippen molar-refractivity contribution in [3.8, 4) is 0 Å². The fraction of sp³-hybridized carbons (Fsp3) is 0.500. The maximum Gasteiger partial charge on any atom is 0.328 e. The average molecular weight is 443 g/mol. The third kappa shape index (κ3) is 3.97. The second-order valence-electron chi connectivity index (χ2n) is 10.3. The lowest BCUT2D eigenvalue weighted by Crippen LogP contribution is -2.57. The summed E-state index contributed by atoms with van der Waals surface area (Å²) in [6.07, 6.45) is 9.98. The normalized spacial score (nSPS) is 29.0. The van der Waals surface area contributed by atoms with Gasteiger partial charge in [0.1, 0.15) is 11.4 Å². The van der Waals surface area contributed by atoms with Crippen molar-refractivity contribution in [3.05, 3.63) is 65.2 Å². The van der Waals surface area contributed by atoms with Gasteiger partial charge in [-0.25, -0.2) is 4.79 Å². The van der Waals surface area contributed by atoms with Crippen LogP contribution in [0.1, 0.15) is 61.6 Å². The fourth-order valence-electron chi connectivity index (χ4n) is 6.19. The zero-order valence-corrected chi connectivity index (χ0v) is 19.4. The van der Waals surface area contributed by atoms with E-state index in [4.69, 9.17) is 4.99 Å². The van der Waals surface area contributed by atoms with Crippen LogP contribution in [0.4, 0.5) is 10.5 Å². The van der Waals surface area contributed by atoms with Crippen molar-refractivity contribution in [3.63, 3.8) is 0 Å². The van der Waals surface area contributed by atoms with Crippen LogP contribution in [0.15, 0.2) is 53.5 Å². The molecule has 0 atom stereocenters. The number of carbonyl (C=O) groups excluding carboxylic acids is 1. The number of hydrogen-bond acceptors (Lipinski definition) is 3. The summed E-state index contributed by atoms with van der Waals surface area (Å²) in [6, 6.07) is 18.2. The van der Waals surface area contributed by atoms with Crippen molar-refractivity contribution in [2.75, 3.05) is 18.0 Å². The van der Waals surface area contributed by atoms with Gasteiger partial charge >= 0.3 is 6.03 Å². The van der Waals surface area contributed by atoms with Crippen LogP contribution in [0, 0.1) is 0 Å². The molecule has 1 spiro atoms. The molecule has 0 radical (unpaired) electrons. The SMILES string of the molecule is O=C1NC(=NC2CCCCC2)C23CCN(CC2)Cc2ccc(cc2)CCc2ccc(cc2)N13. The van der Waals surface area contributed by atoms with Crippen molar-refractivity contribution < 1.29 is 4.79 Å². The Morgan fingerprint density at radius 1 is 0.818 bits per heavy atom. The summed E-state index contributed by atoms with van der Waals surface area (Å²) in [4.78, 5) is 23.2. The van der Waals surface area contributed by atoms with E-state index in [1.54, 1.807) is 0 Å². The van der Waals surface area contributed by atoms with Crippen molar-refractivity contribution in [1.82, 2.24) is 10.2 Å². The van der Waals surface area contributed by atoms with E-state index in [9.17, 15) is 4.79 Å². The summed E-state index contributed by atoms with van der Waals surface area (Å²) in [6.45, 7) is 2.91. The Morgan fingerprint density at radius 2 is 1.42 bits per heavy atom. The molecule has 33 heavy (non-hydrogen) atoms. The zero-order chi connectivity index (χ0) is 22.3. The predicted octanol–water partition coefficient (Wildman–Crippen LogP) is 5.08. The number of carbonyl (C=O) groups is 1. The first-order valence-corrected chi connectivity index (χ1v) is 12.8. The number of aliphatic imine (C=N–C) groups is 1. The summed E-state index contributed by atoms with van der Waals surface area (Å²) in [5.74, 6) is 0.925. The monoisotopic (exact) mass is 442 g/mol. The van der Waals surface area contributed by atoms with E-state index in [0.29, 0.717) is 6.04 Å². The van der Waals surface area contributed by atoms with E-state index in [2.05, 4.69) is 58.7 Å². The standard InChI is InChI=1S/C28H34N4O/c33-27-30-26(29-24-4-2-1-3-5-24)28-16-18-31(19-17-28)20-23-10-8-21(9-11-23)6-7-22-12-14-25(15-13-22)32(27)28/h8-15,24H,1-7,16-20H2,(H,29,30,33). The number of benzene rings is 2. The van der Waals surface area contributed by atoms with Crippen molar-refractivity contribution in [2.45, 2.75) is 75.9 Å². The zero-order valence-electron chi connectivity index (χ0n) is 19.4. The molecule has 2 saturated heterocycles. The van der Waals surface area contributed by atoms with Crippen LogP contribution in [0.5, 0.6) is 0 Å². The highest BCUT2D eigenvalue weighted by molar-refractivity contribution is 6.19. The summed E-state index contributed by atoms with van der Waals surface area (Å²) in [5, 5.41) is 3.23. The molecule has 0 unspecified atom stereocenters. The number of fused-ring (bicyclic) bond motifs is 1. The number of piperidine rings is 1. The number of amides is 2. The molecule has 1 N–H and O–H groups in total. The Labute approximate surface area is 196 Å². The number of nitrogens with zero attached hydrogens (tertiary/aromatic N) is 3. The molecule has 5 heteroatoms. The van der Waals surface area contributed by atoms with Gasteiger partial charge in [0, 0.05) is 25.3 Å². The predicted molar refractivity (Wildman–Crippen MR) is 133 cm³/mol. The van der Waals surface area contributed by atoms with Crippen molar-refractivity contribution in [2.24, 2.45) is 4.99 Å². The summed E-state index contributed by atoms with van der Waals surface area (Å²) in [5.41, 5.74) is 4.71. The van der Waals surface area contributed by atoms with E-state index in [-0.39, 0.29) is 11.6 Å². The molecule has 5 nitrogen and oxygen atoms in total. The smallest absolute Gasteiger partial charge is 0.299 e. The minimum absolute atomic E-state index is 0.0123. The van der Waals surface area contributed by atoms with E-state index in [0.717, 1.165) is 69.7 Å². The second-order valence-corrected chi connectivity index (χ2v) is 10.3. The lowest BCUT2D eigenvalue weighted by Gasteiger charge is -2.44. The molecule has 6 bridgehead atoms. The molecular formula is C28H34N4O. The van der Waals surface area contributed by atoms with Gasteiger partial charge in [0.25, 0.3) is 0 Å². The minimum atomic E-state index is -0.354. The molecule has 0 aromatic heterocycles. The molecular weight excluding hydrogens is 408 g/mol. The number of anilines is 1. The Hall–Kier alpha value is -2.66. The molecule has 1 saturated carbocycles. The van der Waals surface area contributed by atoms with Crippen LogP contribution in [-0.2, 0) is 19.4 Å². The third-order valence-electron chi connectivity index (χ3n) is 8.19. The Morgan fingerprint density at radius 3 is 2.09 bits per heavy atom.